The van der Waals surface area contributed by atoms with Crippen molar-refractivity contribution in [3.8, 4) is 0 Å². The summed E-state index contributed by atoms with van der Waals surface area (Å²) < 4.78 is 62.5. The zero-order valence-corrected chi connectivity index (χ0v) is 22.9. The van der Waals surface area contributed by atoms with Crippen LogP contribution in [0.5, 0.6) is 0 Å². The summed E-state index contributed by atoms with van der Waals surface area (Å²) in [4.78, 5) is 19.4. The summed E-state index contributed by atoms with van der Waals surface area (Å²) >= 11 is 6.40. The minimum Gasteiger partial charge on any atom is -0.479 e. The molecular weight excluding hydrogens is 581 g/mol. The molecule has 0 saturated carbocycles. The molecule has 40 heavy (non-hydrogen) atoms. The van der Waals surface area contributed by atoms with Gasteiger partial charge in [-0.05, 0) is 67.7 Å². The highest BCUT2D eigenvalue weighted by molar-refractivity contribution is 7.92. The number of carboxylic acids is 2. The molecule has 3 unspecified atom stereocenters. The molecule has 0 amide bonds. The highest BCUT2D eigenvalue weighted by atomic mass is 35.5. The van der Waals surface area contributed by atoms with Gasteiger partial charge in [-0.15, -0.1) is 0 Å². The Bertz CT molecular complexity index is 1270. The average molecular weight is 611 g/mol. The van der Waals surface area contributed by atoms with Crippen molar-refractivity contribution in [2.45, 2.75) is 61.3 Å². The second kappa shape index (κ2) is 14.1. The van der Waals surface area contributed by atoms with E-state index in [0.717, 1.165) is 44.1 Å². The van der Waals surface area contributed by atoms with Gasteiger partial charge in [-0.25, -0.2) is 18.0 Å². The number of hydrogen-bond donors (Lipinski definition) is 6. The van der Waals surface area contributed by atoms with E-state index in [0.29, 0.717) is 11.6 Å². The molecule has 1 aliphatic rings. The lowest BCUT2D eigenvalue weighted by Crippen LogP contribution is -2.39. The van der Waals surface area contributed by atoms with E-state index < -0.39 is 51.8 Å². The number of hydrogen-bond acceptors (Lipinski definition) is 8. The minimum atomic E-state index is -4.53. The Hall–Kier alpha value is -2.91. The molecule has 0 aromatic heterocycles. The van der Waals surface area contributed by atoms with Crippen molar-refractivity contribution in [3.05, 3.63) is 58.1 Å². The first-order valence-electron chi connectivity index (χ1n) is 12.0. The number of sulfone groups is 1. The summed E-state index contributed by atoms with van der Waals surface area (Å²) in [5.74, 6) is -3.54. The van der Waals surface area contributed by atoms with Gasteiger partial charge in [0.15, 0.2) is 22.0 Å². The fourth-order valence-corrected chi connectivity index (χ4v) is 5.49. The van der Waals surface area contributed by atoms with E-state index in [1.807, 2.05) is 12.1 Å². The van der Waals surface area contributed by atoms with Gasteiger partial charge in [0.2, 0.25) is 0 Å². The summed E-state index contributed by atoms with van der Waals surface area (Å²) in [5, 5.41) is 38.3. The summed E-state index contributed by atoms with van der Waals surface area (Å²) in [5.41, 5.74) is 4.09. The molecule has 1 aliphatic heterocycles. The first-order valence-corrected chi connectivity index (χ1v) is 13.9. The molecule has 3 rings (SSSR count). The summed E-state index contributed by atoms with van der Waals surface area (Å²) in [6.45, 7) is 3.28. The van der Waals surface area contributed by atoms with E-state index in [4.69, 9.17) is 32.0 Å². The smallest absolute Gasteiger partial charge is 0.390 e. The highest BCUT2D eigenvalue weighted by Gasteiger charge is 2.36. The number of benzene rings is 2. The van der Waals surface area contributed by atoms with E-state index in [1.54, 1.807) is 12.1 Å². The highest BCUT2D eigenvalue weighted by Crippen LogP contribution is 2.32. The predicted molar refractivity (Wildman–Crippen MR) is 140 cm³/mol. The zero-order chi connectivity index (χ0) is 30.3. The molecule has 0 spiro atoms. The third-order valence-corrected chi connectivity index (χ3v) is 8.53. The molecule has 3 atom stereocenters. The van der Waals surface area contributed by atoms with Gasteiger partial charge in [0.05, 0.1) is 27.3 Å². The maximum Gasteiger partial charge on any atom is 0.390 e. The molecular formula is C25H30ClF3N2O8S. The fourth-order valence-electron chi connectivity index (χ4n) is 3.86. The Morgan fingerprint density at radius 2 is 1.55 bits per heavy atom. The minimum absolute atomic E-state index is 0.110. The topological polar surface area (TPSA) is 173 Å². The Balaban J connectivity index is 0.000000478. The number of nitrogens with one attached hydrogen (secondary N) is 2. The van der Waals surface area contributed by atoms with Gasteiger partial charge < -0.3 is 31.1 Å². The number of aliphatic carboxylic acids is 2. The van der Waals surface area contributed by atoms with Crippen molar-refractivity contribution >= 4 is 39.1 Å². The van der Waals surface area contributed by atoms with Gasteiger partial charge in [0.25, 0.3) is 0 Å². The fraction of sp³-hybridized carbons (Fsp3) is 0.440. The molecule has 0 saturated heterocycles. The SMILES string of the molecule is CC(CC(F)(F)F)S(=O)(=O)c1ccc(CNc2c(Cl)ccc3c2CCNCC3)cc1.O=C(O)C(O)C(O)C(=O)O. The summed E-state index contributed by atoms with van der Waals surface area (Å²) in [6, 6.07) is 9.84. The molecule has 0 fully saturated rings. The van der Waals surface area contributed by atoms with E-state index in [9.17, 15) is 31.2 Å². The summed E-state index contributed by atoms with van der Waals surface area (Å²) in [6.07, 6.45) is -8.66. The molecule has 222 valence electrons. The molecule has 15 heteroatoms. The van der Waals surface area contributed by atoms with Crippen molar-refractivity contribution < 1.29 is 51.6 Å². The van der Waals surface area contributed by atoms with E-state index >= 15 is 0 Å². The Kier molecular flexibility index (Phi) is 11.8. The van der Waals surface area contributed by atoms with Crippen molar-refractivity contribution in [1.29, 1.82) is 0 Å². The van der Waals surface area contributed by atoms with Crippen LogP contribution in [-0.2, 0) is 38.8 Å². The third-order valence-electron chi connectivity index (χ3n) is 6.06. The Labute approximate surface area is 233 Å². The molecule has 0 bridgehead atoms. The van der Waals surface area contributed by atoms with Gasteiger partial charge >= 0.3 is 18.1 Å². The van der Waals surface area contributed by atoms with Gasteiger partial charge in [-0.2, -0.15) is 13.2 Å². The predicted octanol–water partition coefficient (Wildman–Crippen LogP) is 2.63. The van der Waals surface area contributed by atoms with Crippen LogP contribution in [-0.4, -0.2) is 77.5 Å². The first kappa shape index (κ1) is 33.3. The van der Waals surface area contributed by atoms with E-state index in [2.05, 4.69) is 10.6 Å². The van der Waals surface area contributed by atoms with Crippen LogP contribution in [0.2, 0.25) is 5.02 Å². The van der Waals surface area contributed by atoms with Crippen LogP contribution in [0.3, 0.4) is 0 Å². The molecule has 1 heterocycles. The van der Waals surface area contributed by atoms with Crippen LogP contribution in [0.25, 0.3) is 0 Å². The number of aliphatic hydroxyl groups excluding tert-OH is 2. The second-order valence-corrected chi connectivity index (χ2v) is 11.8. The average Bonchev–Trinajstić information content (AvgIpc) is 3.12. The van der Waals surface area contributed by atoms with Crippen molar-refractivity contribution in [2.24, 2.45) is 0 Å². The van der Waals surface area contributed by atoms with Crippen LogP contribution >= 0.6 is 11.6 Å². The first-order chi connectivity index (χ1) is 18.5. The number of fused-ring (bicyclic) bond motifs is 1. The van der Waals surface area contributed by atoms with Gasteiger partial charge in [0.1, 0.15) is 0 Å². The number of aliphatic hydroxyl groups is 2. The van der Waals surface area contributed by atoms with Crippen molar-refractivity contribution in [2.75, 3.05) is 18.4 Å². The molecule has 0 aliphatic carbocycles. The van der Waals surface area contributed by atoms with Gasteiger partial charge in [0, 0.05) is 6.54 Å². The van der Waals surface area contributed by atoms with Crippen molar-refractivity contribution in [3.63, 3.8) is 0 Å². The number of rotatable bonds is 9. The lowest BCUT2D eigenvalue weighted by Gasteiger charge is -2.17. The second-order valence-electron chi connectivity index (χ2n) is 9.05. The molecule has 2 aromatic carbocycles. The number of alkyl halides is 3. The monoisotopic (exact) mass is 610 g/mol. The largest absolute Gasteiger partial charge is 0.479 e. The van der Waals surface area contributed by atoms with Crippen LogP contribution in [0.1, 0.15) is 30.0 Å². The number of carbonyl (C=O) groups is 2. The number of carboxylic acid groups (broad SMARTS) is 2. The number of anilines is 1. The quantitative estimate of drug-likeness (QED) is 0.248. The van der Waals surface area contributed by atoms with Gasteiger partial charge in [-0.3, -0.25) is 0 Å². The lowest BCUT2D eigenvalue weighted by atomic mass is 10.0. The van der Waals surface area contributed by atoms with Crippen molar-refractivity contribution in [1.82, 2.24) is 5.32 Å². The van der Waals surface area contributed by atoms with Crippen LogP contribution in [0.4, 0.5) is 18.9 Å². The van der Waals surface area contributed by atoms with Crippen LogP contribution in [0, 0.1) is 0 Å². The zero-order valence-electron chi connectivity index (χ0n) is 21.3. The van der Waals surface area contributed by atoms with Crippen LogP contribution in [0.15, 0.2) is 41.3 Å². The van der Waals surface area contributed by atoms with E-state index in [1.165, 1.54) is 23.3 Å². The van der Waals surface area contributed by atoms with E-state index in [-0.39, 0.29) is 4.90 Å². The Morgan fingerprint density at radius 1 is 1.00 bits per heavy atom. The van der Waals surface area contributed by atoms with Gasteiger partial charge in [-0.1, -0.05) is 29.8 Å². The maximum absolute atomic E-state index is 12.6. The standard InChI is InChI=1S/C21H24ClF3N2O2S.C4H6O6/c1-14(12-21(23,24)25)30(28,29)17-5-2-15(3-6-17)13-27-20-18-9-11-26-10-8-16(18)4-7-19(20)22;5-1(3(7)8)2(6)4(9)10/h2-7,14,26-27H,8-13H2,1H3;1-2,5-6H,(H,7,8)(H,9,10). The van der Waals surface area contributed by atoms with Crippen LogP contribution < -0.4 is 10.6 Å². The summed E-state index contributed by atoms with van der Waals surface area (Å²) in [7, 11) is -4.05. The normalized spacial score (nSPS) is 15.9. The molecule has 2 aromatic rings. The maximum atomic E-state index is 12.6. The number of halogens is 4. The Morgan fingerprint density at radius 3 is 2.08 bits per heavy atom. The molecule has 10 nitrogen and oxygen atoms in total. The molecule has 6 N–H and O–H groups in total. The molecule has 0 radical (unpaired) electrons. The third kappa shape index (κ3) is 9.34. The lowest BCUT2D eigenvalue weighted by molar-refractivity contribution is -0.165.